The molecule has 2 saturated heterocycles. The molecule has 4 aromatic rings. The smallest absolute Gasteiger partial charge is 0.324 e. The average Bonchev–Trinajstić information content (AvgIpc) is 3.50. The first-order valence-electron chi connectivity index (χ1n) is 21.6. The first-order valence-corrected chi connectivity index (χ1v) is 22.5. The van der Waals surface area contributed by atoms with Crippen molar-refractivity contribution in [2.75, 3.05) is 58.4 Å². The van der Waals surface area contributed by atoms with Crippen molar-refractivity contribution in [2.45, 2.75) is 84.8 Å². The van der Waals surface area contributed by atoms with Crippen LogP contribution in [-0.2, 0) is 49.7 Å². The molecule has 1 saturated carbocycles. The van der Waals surface area contributed by atoms with E-state index in [9.17, 15) is 14.4 Å². The van der Waals surface area contributed by atoms with Gasteiger partial charge < -0.3 is 29.2 Å². The number of aryl methyl sites for hydroxylation is 2. The molecule has 9 rings (SSSR count). The fourth-order valence-electron chi connectivity index (χ4n) is 9.83. The van der Waals surface area contributed by atoms with E-state index in [2.05, 4.69) is 90.0 Å². The Labute approximate surface area is 356 Å². The number of anilines is 1. The van der Waals surface area contributed by atoms with E-state index < -0.39 is 17.5 Å². The maximum atomic E-state index is 14.3. The topological polar surface area (TPSA) is 134 Å². The summed E-state index contributed by atoms with van der Waals surface area (Å²) in [7, 11) is 3.81. The Balaban J connectivity index is 1.19. The number of benzene rings is 1. The lowest BCUT2D eigenvalue weighted by atomic mass is 9.84. The third kappa shape index (κ3) is 7.59. The van der Waals surface area contributed by atoms with E-state index in [0.717, 1.165) is 89.7 Å². The molecule has 4 aliphatic heterocycles. The number of carbonyl (C=O) groups is 3. The summed E-state index contributed by atoms with van der Waals surface area (Å²) in [6, 6.07) is 5.29. The van der Waals surface area contributed by atoms with E-state index in [4.69, 9.17) is 19.4 Å². The number of nitrogens with one attached hydrogen (secondary N) is 2. The Morgan fingerprint density at radius 3 is 2.60 bits per heavy atom. The summed E-state index contributed by atoms with van der Waals surface area (Å²) < 4.78 is 14.4. The number of piperazine rings is 1. The molecule has 5 atom stereocenters. The van der Waals surface area contributed by atoms with Crippen LogP contribution in [0.1, 0.15) is 68.8 Å². The molecule has 5 aliphatic rings. The number of methoxy groups -OCH3 is 1. The molecule has 2 N–H and O–H groups in total. The lowest BCUT2D eigenvalue weighted by Crippen LogP contribution is -2.60. The number of likely N-dealkylation sites (N-methyl/N-ethyl adjacent to an activating group) is 1. The second-order valence-corrected chi connectivity index (χ2v) is 19.5. The van der Waals surface area contributed by atoms with Gasteiger partial charge in [-0.3, -0.25) is 24.4 Å². The SMILES string of the molecule is C=C(OC)c1ncc(N2CCN(C)CC2)cc1-c1c2c3cc(cc4c3n1CCC4)-c1csc(n1)C[C@H](NC(=O)C1[C@@H](C)[C@H]1C)C(=O)N1CCC[C@H](N1)C(=O)OCC(C)(C)C2. The number of amides is 2. The van der Waals surface area contributed by atoms with E-state index in [0.29, 0.717) is 37.3 Å². The molecule has 0 radical (unpaired) electrons. The summed E-state index contributed by atoms with van der Waals surface area (Å²) in [5.41, 5.74) is 12.0. The van der Waals surface area contributed by atoms with Gasteiger partial charge in [0.25, 0.3) is 5.91 Å². The lowest BCUT2D eigenvalue weighted by molar-refractivity contribution is -0.155. The summed E-state index contributed by atoms with van der Waals surface area (Å²) in [5, 5.41) is 8.59. The number of hydrogen-bond acceptors (Lipinski definition) is 11. The van der Waals surface area contributed by atoms with Gasteiger partial charge in [0.1, 0.15) is 23.5 Å². The Bertz CT molecular complexity index is 2350. The molecule has 13 nitrogen and oxygen atoms in total. The predicted molar refractivity (Wildman–Crippen MR) is 234 cm³/mol. The summed E-state index contributed by atoms with van der Waals surface area (Å²) in [5.74, 6) is 0.139. The zero-order valence-corrected chi connectivity index (χ0v) is 36.6. The van der Waals surface area contributed by atoms with Crippen LogP contribution in [0.2, 0.25) is 0 Å². The molecule has 6 bridgehead atoms. The monoisotopic (exact) mass is 834 g/mol. The summed E-state index contributed by atoms with van der Waals surface area (Å²) in [6.45, 7) is 18.0. The molecule has 1 aromatic carbocycles. The van der Waals surface area contributed by atoms with Gasteiger partial charge in [0.05, 0.1) is 47.5 Å². The van der Waals surface area contributed by atoms with Crippen molar-refractivity contribution in [1.82, 2.24) is 35.2 Å². The van der Waals surface area contributed by atoms with Gasteiger partial charge in [-0.2, -0.15) is 0 Å². The van der Waals surface area contributed by atoms with Crippen LogP contribution in [0.15, 0.2) is 36.4 Å². The summed E-state index contributed by atoms with van der Waals surface area (Å²) in [6.07, 6.45) is 5.87. The number of nitrogens with zero attached hydrogens (tertiary/aromatic N) is 6. The number of cyclic esters (lactones) is 1. The molecule has 2 amide bonds. The van der Waals surface area contributed by atoms with E-state index in [-0.39, 0.29) is 48.6 Å². The van der Waals surface area contributed by atoms with E-state index in [1.165, 1.54) is 27.4 Å². The molecule has 0 spiro atoms. The largest absolute Gasteiger partial charge is 0.495 e. The fraction of sp³-hybridized carbons (Fsp3) is 0.543. The maximum Gasteiger partial charge on any atom is 0.324 e. The molecule has 3 aromatic heterocycles. The Kier molecular flexibility index (Phi) is 10.8. The molecule has 1 aliphatic carbocycles. The van der Waals surface area contributed by atoms with Gasteiger partial charge in [0.2, 0.25) is 5.91 Å². The summed E-state index contributed by atoms with van der Waals surface area (Å²) >= 11 is 1.51. The van der Waals surface area contributed by atoms with Crippen LogP contribution >= 0.6 is 11.3 Å². The number of rotatable bonds is 6. The Morgan fingerprint density at radius 2 is 1.85 bits per heavy atom. The number of hydrogen-bond donors (Lipinski definition) is 2. The molecule has 1 unspecified atom stereocenters. The van der Waals surface area contributed by atoms with Crippen molar-refractivity contribution in [3.8, 4) is 22.5 Å². The Morgan fingerprint density at radius 1 is 1.07 bits per heavy atom. The highest BCUT2D eigenvalue weighted by Gasteiger charge is 2.49. The minimum atomic E-state index is -0.838. The van der Waals surface area contributed by atoms with Crippen LogP contribution in [-0.4, -0.2) is 108 Å². The number of thiazole rings is 1. The number of hydrazine groups is 1. The highest BCUT2D eigenvalue weighted by molar-refractivity contribution is 7.10. The fourth-order valence-corrected chi connectivity index (χ4v) is 10.7. The van der Waals surface area contributed by atoms with Crippen molar-refractivity contribution in [2.24, 2.45) is 23.2 Å². The molecule has 318 valence electrons. The molecule has 7 heterocycles. The molecule has 3 fully saturated rings. The maximum absolute atomic E-state index is 14.3. The minimum Gasteiger partial charge on any atom is -0.495 e. The normalized spacial score (nSPS) is 25.7. The highest BCUT2D eigenvalue weighted by Crippen LogP contribution is 2.47. The van der Waals surface area contributed by atoms with Crippen molar-refractivity contribution in [3.05, 3.63) is 58.2 Å². The van der Waals surface area contributed by atoms with Crippen molar-refractivity contribution >= 4 is 51.5 Å². The van der Waals surface area contributed by atoms with Gasteiger partial charge in [0.15, 0.2) is 0 Å². The molecular weight excluding hydrogens is 777 g/mol. The van der Waals surface area contributed by atoms with Crippen molar-refractivity contribution in [3.63, 3.8) is 0 Å². The predicted octanol–water partition coefficient (Wildman–Crippen LogP) is 5.69. The van der Waals surface area contributed by atoms with Gasteiger partial charge in [-0.1, -0.05) is 34.3 Å². The number of esters is 1. The first-order chi connectivity index (χ1) is 28.8. The second kappa shape index (κ2) is 15.9. The number of fused-ring (bicyclic) bond motifs is 6. The van der Waals surface area contributed by atoms with Crippen LogP contribution in [0.3, 0.4) is 0 Å². The zero-order valence-electron chi connectivity index (χ0n) is 35.8. The molecular formula is C46H58N8O5S. The third-order valence-electron chi connectivity index (χ3n) is 13.6. The summed E-state index contributed by atoms with van der Waals surface area (Å²) in [4.78, 5) is 56.6. The van der Waals surface area contributed by atoms with Gasteiger partial charge >= 0.3 is 5.97 Å². The highest BCUT2D eigenvalue weighted by atomic mass is 32.1. The van der Waals surface area contributed by atoms with Gasteiger partial charge in [0, 0.05) is 78.9 Å². The van der Waals surface area contributed by atoms with Crippen LogP contribution in [0.25, 0.3) is 39.2 Å². The van der Waals surface area contributed by atoms with Crippen LogP contribution in [0.4, 0.5) is 5.69 Å². The van der Waals surface area contributed by atoms with Gasteiger partial charge in [-0.25, -0.2) is 10.4 Å². The zero-order chi connectivity index (χ0) is 42.0. The number of aromatic nitrogens is 3. The third-order valence-corrected chi connectivity index (χ3v) is 14.5. The molecule has 60 heavy (non-hydrogen) atoms. The first kappa shape index (κ1) is 40.6. The number of carbonyl (C=O) groups excluding carboxylic acids is 3. The second-order valence-electron chi connectivity index (χ2n) is 18.5. The van der Waals surface area contributed by atoms with Crippen molar-refractivity contribution in [1.29, 1.82) is 0 Å². The van der Waals surface area contributed by atoms with Gasteiger partial charge in [-0.15, -0.1) is 11.3 Å². The van der Waals surface area contributed by atoms with Gasteiger partial charge in [-0.05, 0) is 80.3 Å². The number of pyridine rings is 1. The average molecular weight is 835 g/mol. The van der Waals surface area contributed by atoms with Crippen LogP contribution < -0.4 is 15.6 Å². The number of ether oxygens (including phenoxy) is 2. The quantitative estimate of drug-likeness (QED) is 0.184. The van der Waals surface area contributed by atoms with E-state index >= 15 is 0 Å². The van der Waals surface area contributed by atoms with Crippen molar-refractivity contribution < 1.29 is 23.9 Å². The standard InChI is InChI=1S/C46H58N8O5S/c1-26-27(2)39(26)43(55)49-36-21-38-48-37(24-60-38)30-18-29-10-8-12-53-41(29)32(19-30)34(22-46(4,5)25-59-45(57)35-11-9-13-54(50-35)44(36)56)42(53)33-20-31(23-47-40(33)28(3)58-7)52-16-14-51(6)15-17-52/h18-20,23-24,26-27,35-36,39,50H,3,8-17,21-22,25H2,1-2,4-7H3,(H,49,55)/t26-,27+,35-,36-,39?/m0/s1. The van der Waals surface area contributed by atoms with E-state index in [1.807, 2.05) is 6.20 Å². The molecule has 14 heteroatoms. The lowest BCUT2D eigenvalue weighted by Gasteiger charge is -2.35. The minimum absolute atomic E-state index is 0.110. The van der Waals surface area contributed by atoms with Crippen LogP contribution in [0.5, 0.6) is 0 Å². The van der Waals surface area contributed by atoms with Crippen LogP contribution in [0, 0.1) is 23.2 Å². The Hall–Kier alpha value is -4.79. The van der Waals surface area contributed by atoms with E-state index in [1.54, 1.807) is 7.11 Å².